The quantitative estimate of drug-likeness (QED) is 0.0205. The van der Waals surface area contributed by atoms with Gasteiger partial charge in [-0.2, -0.15) is 0 Å². The fourth-order valence-electron chi connectivity index (χ4n) is 8.49. The molecule has 79 heavy (non-hydrogen) atoms. The first-order valence-electron chi connectivity index (χ1n) is 29.6. The summed E-state index contributed by atoms with van der Waals surface area (Å²) in [5.74, 6) is -0.294. The molecule has 2 rings (SSSR count). The first-order valence-corrected chi connectivity index (χ1v) is 29.6. The van der Waals surface area contributed by atoms with Gasteiger partial charge in [0.15, 0.2) is 12.6 Å². The topological polar surface area (TPSA) is 228 Å². The molecule has 12 atom stereocenters. The Hall–Kier alpha value is -4.13. The van der Waals surface area contributed by atoms with Crippen LogP contribution >= 0.6 is 0 Å². The van der Waals surface area contributed by atoms with E-state index >= 15 is 0 Å². The normalized spacial score (nSPS) is 25.5. The van der Waals surface area contributed by atoms with Crippen molar-refractivity contribution in [3.63, 3.8) is 0 Å². The van der Waals surface area contributed by atoms with E-state index in [-0.39, 0.29) is 18.9 Å². The van der Waals surface area contributed by atoms with Gasteiger partial charge < -0.3 is 65.1 Å². The van der Waals surface area contributed by atoms with Crippen LogP contribution in [-0.2, 0) is 23.7 Å². The van der Waals surface area contributed by atoms with Gasteiger partial charge in [-0.1, -0.05) is 185 Å². The van der Waals surface area contributed by atoms with Crippen molar-refractivity contribution in [3.05, 3.63) is 146 Å². The second kappa shape index (κ2) is 48.6. The Bertz CT molecular complexity index is 1880. The average Bonchev–Trinajstić information content (AvgIpc) is 3.55. The van der Waals surface area contributed by atoms with Crippen LogP contribution in [0.25, 0.3) is 0 Å². The van der Waals surface area contributed by atoms with Crippen molar-refractivity contribution in [3.8, 4) is 0 Å². The standard InChI is InChI=1S/C65H103NO13/c1-3-5-7-9-11-13-15-17-19-20-21-22-23-24-25-26-27-28-29-30-31-32-33-34-35-37-39-41-43-45-47-49-57(70)66-53(54(69)48-46-44-42-40-38-36-18-16-14-12-10-8-6-4-2)52-76-64-62(75)60(73)63(56(51-68)78-64)79-65-61(74)59(72)58(71)55(50-67)77-65/h5,7,11,13-14,16-17,19,21-22,24-25,27-28,30-31,33-34,37-40,46,48,53-56,58-65,67-69,71-75H,3-4,6,8-10,12,15,18,20,23,26,29,32,35-36,41-45,47,49-52H2,1-2H3,(H,66,70)/b7-5-,13-11-,16-14+,19-17-,22-21-,25-24-,28-27-,31-30-,34-33-,39-37-,40-38+,48-46+. The maximum absolute atomic E-state index is 13.2. The molecular formula is C65H103NO13. The molecule has 9 N–H and O–H groups in total. The lowest BCUT2D eigenvalue weighted by Gasteiger charge is -2.46. The molecule has 0 radical (unpaired) electrons. The number of amides is 1. The van der Waals surface area contributed by atoms with Crippen LogP contribution in [0, 0.1) is 0 Å². The Labute approximate surface area is 474 Å². The molecule has 0 spiro atoms. The molecular weight excluding hydrogens is 1000 g/mol. The lowest BCUT2D eigenvalue weighted by Crippen LogP contribution is -2.65. The van der Waals surface area contributed by atoms with E-state index in [0.29, 0.717) is 12.8 Å². The summed E-state index contributed by atoms with van der Waals surface area (Å²) >= 11 is 0. The number of hydrogen-bond acceptors (Lipinski definition) is 13. The molecule has 1 amide bonds. The Morgan fingerprint density at radius 3 is 1.37 bits per heavy atom. The second-order valence-corrected chi connectivity index (χ2v) is 20.0. The highest BCUT2D eigenvalue weighted by Crippen LogP contribution is 2.30. The number of unbranched alkanes of at least 4 members (excludes halogenated alkanes) is 9. The Kier molecular flexibility index (Phi) is 43.6. The van der Waals surface area contributed by atoms with E-state index in [1.54, 1.807) is 6.08 Å². The fourth-order valence-corrected chi connectivity index (χ4v) is 8.49. The summed E-state index contributed by atoms with van der Waals surface area (Å²) in [5, 5.41) is 86.9. The molecule has 12 unspecified atom stereocenters. The molecule has 2 heterocycles. The molecule has 2 aliphatic rings. The summed E-state index contributed by atoms with van der Waals surface area (Å²) in [6.45, 7) is 2.57. The van der Waals surface area contributed by atoms with Crippen molar-refractivity contribution in [1.82, 2.24) is 5.32 Å². The lowest BCUT2D eigenvalue weighted by atomic mass is 9.97. The Morgan fingerprint density at radius 2 is 0.886 bits per heavy atom. The molecule has 0 aromatic rings. The highest BCUT2D eigenvalue weighted by Gasteiger charge is 2.51. The predicted octanol–water partition coefficient (Wildman–Crippen LogP) is 10.2. The zero-order chi connectivity index (χ0) is 57.4. The number of hydrogen-bond donors (Lipinski definition) is 9. The maximum Gasteiger partial charge on any atom is 0.220 e. The fraction of sp³-hybridized carbons (Fsp3) is 0.615. The zero-order valence-electron chi connectivity index (χ0n) is 47.8. The molecule has 2 fully saturated rings. The molecule has 0 aromatic heterocycles. The molecule has 14 nitrogen and oxygen atoms in total. The molecule has 0 saturated carbocycles. The molecule has 2 aliphatic heterocycles. The van der Waals surface area contributed by atoms with Crippen LogP contribution in [0.1, 0.15) is 162 Å². The smallest absolute Gasteiger partial charge is 0.220 e. The summed E-state index contributed by atoms with van der Waals surface area (Å²) in [4.78, 5) is 13.2. The summed E-state index contributed by atoms with van der Waals surface area (Å²) in [6, 6.07) is -0.967. The molecule has 0 aromatic carbocycles. The van der Waals surface area contributed by atoms with Gasteiger partial charge in [0.05, 0.1) is 32.0 Å². The van der Waals surface area contributed by atoms with E-state index in [1.807, 2.05) is 6.08 Å². The third kappa shape index (κ3) is 34.0. The van der Waals surface area contributed by atoms with E-state index in [1.165, 1.54) is 25.7 Å². The predicted molar refractivity (Wildman–Crippen MR) is 318 cm³/mol. The van der Waals surface area contributed by atoms with Gasteiger partial charge in [0.1, 0.15) is 48.8 Å². The van der Waals surface area contributed by atoms with Crippen molar-refractivity contribution in [2.45, 2.75) is 235 Å². The van der Waals surface area contributed by atoms with E-state index in [0.717, 1.165) is 103 Å². The van der Waals surface area contributed by atoms with Crippen molar-refractivity contribution in [2.75, 3.05) is 19.8 Å². The number of ether oxygens (including phenoxy) is 4. The molecule has 446 valence electrons. The summed E-state index contributed by atoms with van der Waals surface area (Å²) in [5.41, 5.74) is 0. The van der Waals surface area contributed by atoms with Gasteiger partial charge in [0.2, 0.25) is 5.91 Å². The molecule has 2 saturated heterocycles. The molecule has 0 bridgehead atoms. The largest absolute Gasteiger partial charge is 0.394 e. The first-order chi connectivity index (χ1) is 38.6. The highest BCUT2D eigenvalue weighted by atomic mass is 16.7. The van der Waals surface area contributed by atoms with Crippen molar-refractivity contribution in [1.29, 1.82) is 0 Å². The van der Waals surface area contributed by atoms with Crippen LogP contribution in [0.5, 0.6) is 0 Å². The van der Waals surface area contributed by atoms with E-state index in [4.69, 9.17) is 18.9 Å². The number of aliphatic hydroxyl groups is 8. The minimum atomic E-state index is -1.80. The zero-order valence-corrected chi connectivity index (χ0v) is 47.8. The minimum absolute atomic E-state index is 0.219. The third-order valence-electron chi connectivity index (χ3n) is 13.2. The number of aliphatic hydroxyl groups excluding tert-OH is 8. The Morgan fingerprint density at radius 1 is 0.468 bits per heavy atom. The number of nitrogens with one attached hydrogen (secondary N) is 1. The van der Waals surface area contributed by atoms with Gasteiger partial charge in [-0.05, 0) is 116 Å². The van der Waals surface area contributed by atoms with Crippen molar-refractivity contribution >= 4 is 5.91 Å². The highest BCUT2D eigenvalue weighted by molar-refractivity contribution is 5.76. The number of allylic oxidation sites excluding steroid dienone is 23. The van der Waals surface area contributed by atoms with Crippen LogP contribution in [0.2, 0.25) is 0 Å². The maximum atomic E-state index is 13.2. The third-order valence-corrected chi connectivity index (χ3v) is 13.2. The SMILES string of the molecule is CC/C=C\C/C=C\C/C=C\C/C=C\C/C=C\C/C=C\C/C=C\C/C=C\C/C=C\CCCCCC(=O)NC(COC1OC(CO)C(OC2OC(CO)C(O)C(O)C2O)C(O)C1O)C(O)/C=C/CC/C=C/CC/C=C/CCCCCC. The van der Waals surface area contributed by atoms with Crippen molar-refractivity contribution < 1.29 is 64.6 Å². The van der Waals surface area contributed by atoms with Crippen LogP contribution in [0.4, 0.5) is 0 Å². The lowest BCUT2D eigenvalue weighted by molar-refractivity contribution is -0.359. The van der Waals surface area contributed by atoms with Gasteiger partial charge in [-0.3, -0.25) is 4.79 Å². The number of rotatable bonds is 44. The van der Waals surface area contributed by atoms with Gasteiger partial charge in [-0.25, -0.2) is 0 Å². The minimum Gasteiger partial charge on any atom is -0.394 e. The van der Waals surface area contributed by atoms with E-state index < -0.39 is 86.8 Å². The van der Waals surface area contributed by atoms with Crippen LogP contribution in [-0.4, -0.2) is 140 Å². The average molecular weight is 1110 g/mol. The first kappa shape index (κ1) is 71.0. The Balaban J connectivity index is 1.77. The monoisotopic (exact) mass is 1110 g/mol. The van der Waals surface area contributed by atoms with Gasteiger partial charge >= 0.3 is 0 Å². The van der Waals surface area contributed by atoms with E-state index in [9.17, 15) is 45.6 Å². The van der Waals surface area contributed by atoms with E-state index in [2.05, 4.69) is 153 Å². The van der Waals surface area contributed by atoms with Gasteiger partial charge in [0.25, 0.3) is 0 Å². The summed E-state index contributed by atoms with van der Waals surface area (Å²) in [6.07, 6.45) is 56.0. The van der Waals surface area contributed by atoms with Crippen LogP contribution in [0.15, 0.2) is 146 Å². The van der Waals surface area contributed by atoms with Crippen LogP contribution in [0.3, 0.4) is 0 Å². The van der Waals surface area contributed by atoms with Gasteiger partial charge in [0, 0.05) is 6.42 Å². The molecule has 0 aliphatic carbocycles. The number of carbonyl (C=O) groups excluding carboxylic acids is 1. The summed E-state index contributed by atoms with van der Waals surface area (Å²) in [7, 11) is 0. The number of carbonyl (C=O) groups is 1. The second-order valence-electron chi connectivity index (χ2n) is 20.0. The summed E-state index contributed by atoms with van der Waals surface area (Å²) < 4.78 is 22.7. The van der Waals surface area contributed by atoms with Gasteiger partial charge in [-0.15, -0.1) is 0 Å². The van der Waals surface area contributed by atoms with Crippen molar-refractivity contribution in [2.24, 2.45) is 0 Å². The van der Waals surface area contributed by atoms with Crippen LogP contribution < -0.4 is 5.32 Å². The molecule has 14 heteroatoms.